The van der Waals surface area contributed by atoms with Crippen LogP contribution in [-0.4, -0.2) is 54.0 Å². The van der Waals surface area contributed by atoms with Crippen LogP contribution in [0.25, 0.3) is 0 Å². The second kappa shape index (κ2) is 7.53. The molecule has 0 spiro atoms. The lowest BCUT2D eigenvalue weighted by Gasteiger charge is -2.38. The average Bonchev–Trinajstić information content (AvgIpc) is 2.77. The number of hydrogen-bond acceptors (Lipinski definition) is 3. The normalized spacial score (nSPS) is 23.1. The number of amides is 1. The van der Waals surface area contributed by atoms with Crippen molar-refractivity contribution in [3.8, 4) is 0 Å². The highest BCUT2D eigenvalue weighted by molar-refractivity contribution is 5.86. The molecule has 6 heteroatoms. The van der Waals surface area contributed by atoms with Gasteiger partial charge in [0.05, 0.1) is 5.54 Å². The van der Waals surface area contributed by atoms with Gasteiger partial charge in [0.25, 0.3) is 0 Å². The number of carbonyl (C=O) groups is 1. The molecule has 1 aliphatic heterocycles. The molecule has 1 aliphatic carbocycles. The SMILES string of the molecule is CCN1CCN(C(=O)C2(N)CCCC2)CC1.Cl.Cl. The molecular weight excluding hydrogens is 273 g/mol. The monoisotopic (exact) mass is 297 g/mol. The van der Waals surface area contributed by atoms with Crippen LogP contribution >= 0.6 is 24.8 Å². The van der Waals surface area contributed by atoms with E-state index in [9.17, 15) is 4.79 Å². The molecule has 2 aliphatic rings. The topological polar surface area (TPSA) is 49.6 Å². The molecule has 18 heavy (non-hydrogen) atoms. The van der Waals surface area contributed by atoms with Crippen molar-refractivity contribution in [1.82, 2.24) is 9.80 Å². The molecule has 0 bridgehead atoms. The molecule has 0 atom stereocenters. The second-order valence-corrected chi connectivity index (χ2v) is 5.09. The number of nitrogens with two attached hydrogens (primary N) is 1. The van der Waals surface area contributed by atoms with E-state index in [-0.39, 0.29) is 30.7 Å². The Labute approximate surface area is 122 Å². The summed E-state index contributed by atoms with van der Waals surface area (Å²) in [6, 6.07) is 0. The van der Waals surface area contributed by atoms with Crippen LogP contribution in [0.15, 0.2) is 0 Å². The van der Waals surface area contributed by atoms with Gasteiger partial charge in [-0.1, -0.05) is 19.8 Å². The first-order valence-electron chi connectivity index (χ1n) is 6.46. The Morgan fingerprint density at radius 1 is 1.11 bits per heavy atom. The third kappa shape index (κ3) is 3.73. The number of nitrogens with zero attached hydrogens (tertiary/aromatic N) is 2. The molecule has 1 amide bonds. The standard InChI is InChI=1S/C12H23N3O.2ClH/c1-2-14-7-9-15(10-8-14)11(16)12(13)5-3-4-6-12;;/h2-10,13H2,1H3;2*1H. The van der Waals surface area contributed by atoms with Gasteiger partial charge >= 0.3 is 0 Å². The van der Waals surface area contributed by atoms with Gasteiger partial charge in [-0.2, -0.15) is 0 Å². The summed E-state index contributed by atoms with van der Waals surface area (Å²) in [4.78, 5) is 16.6. The van der Waals surface area contributed by atoms with Gasteiger partial charge in [-0.05, 0) is 19.4 Å². The van der Waals surface area contributed by atoms with E-state index in [1.54, 1.807) is 0 Å². The average molecular weight is 298 g/mol. The van der Waals surface area contributed by atoms with Crippen molar-refractivity contribution in [2.75, 3.05) is 32.7 Å². The van der Waals surface area contributed by atoms with Crippen LogP contribution in [0.4, 0.5) is 0 Å². The van der Waals surface area contributed by atoms with Gasteiger partial charge < -0.3 is 15.5 Å². The molecule has 0 radical (unpaired) electrons. The van der Waals surface area contributed by atoms with Crippen molar-refractivity contribution in [2.45, 2.75) is 38.1 Å². The lowest BCUT2D eigenvalue weighted by atomic mass is 9.97. The van der Waals surface area contributed by atoms with Crippen LogP contribution in [-0.2, 0) is 4.79 Å². The van der Waals surface area contributed by atoms with E-state index >= 15 is 0 Å². The van der Waals surface area contributed by atoms with Crippen LogP contribution in [0.1, 0.15) is 32.6 Å². The molecule has 2 fully saturated rings. The molecule has 0 aromatic heterocycles. The maximum atomic E-state index is 12.3. The molecule has 2 N–H and O–H groups in total. The molecule has 108 valence electrons. The van der Waals surface area contributed by atoms with E-state index in [4.69, 9.17) is 5.73 Å². The third-order valence-electron chi connectivity index (χ3n) is 4.03. The highest BCUT2D eigenvalue weighted by atomic mass is 35.5. The van der Waals surface area contributed by atoms with E-state index < -0.39 is 5.54 Å². The fourth-order valence-electron chi connectivity index (χ4n) is 2.80. The summed E-state index contributed by atoms with van der Waals surface area (Å²) in [5, 5.41) is 0. The lowest BCUT2D eigenvalue weighted by molar-refractivity contribution is -0.138. The summed E-state index contributed by atoms with van der Waals surface area (Å²) in [6.07, 6.45) is 3.97. The molecule has 0 unspecified atom stereocenters. The summed E-state index contributed by atoms with van der Waals surface area (Å²) in [5.74, 6) is 0.195. The zero-order valence-corrected chi connectivity index (χ0v) is 12.7. The van der Waals surface area contributed by atoms with Crippen molar-refractivity contribution < 1.29 is 4.79 Å². The van der Waals surface area contributed by atoms with Crippen molar-refractivity contribution in [2.24, 2.45) is 5.73 Å². The molecule has 2 rings (SSSR count). The molecule has 1 saturated carbocycles. The first-order chi connectivity index (χ1) is 7.65. The van der Waals surface area contributed by atoms with E-state index in [0.29, 0.717) is 0 Å². The second-order valence-electron chi connectivity index (χ2n) is 5.09. The van der Waals surface area contributed by atoms with Gasteiger partial charge in [0.2, 0.25) is 5.91 Å². The number of rotatable bonds is 2. The van der Waals surface area contributed by atoms with Crippen molar-refractivity contribution in [3.63, 3.8) is 0 Å². The Balaban J connectivity index is 0.00000144. The zero-order chi connectivity index (χ0) is 11.6. The molecule has 0 aromatic carbocycles. The fraction of sp³-hybridized carbons (Fsp3) is 0.917. The van der Waals surface area contributed by atoms with Crippen molar-refractivity contribution in [1.29, 1.82) is 0 Å². The summed E-state index contributed by atoms with van der Waals surface area (Å²) in [7, 11) is 0. The summed E-state index contributed by atoms with van der Waals surface area (Å²) >= 11 is 0. The molecule has 1 saturated heterocycles. The summed E-state index contributed by atoms with van der Waals surface area (Å²) < 4.78 is 0. The molecule has 4 nitrogen and oxygen atoms in total. The van der Waals surface area contributed by atoms with E-state index in [0.717, 1.165) is 58.4 Å². The third-order valence-corrected chi connectivity index (χ3v) is 4.03. The van der Waals surface area contributed by atoms with Gasteiger partial charge in [-0.25, -0.2) is 0 Å². The quantitative estimate of drug-likeness (QED) is 0.835. The van der Waals surface area contributed by atoms with Crippen LogP contribution in [0, 0.1) is 0 Å². The number of likely N-dealkylation sites (N-methyl/N-ethyl adjacent to an activating group) is 1. The predicted molar refractivity (Wildman–Crippen MR) is 78.6 cm³/mol. The van der Waals surface area contributed by atoms with Gasteiger partial charge in [0.15, 0.2) is 0 Å². The van der Waals surface area contributed by atoms with Crippen LogP contribution in [0.5, 0.6) is 0 Å². The zero-order valence-electron chi connectivity index (χ0n) is 11.1. The van der Waals surface area contributed by atoms with E-state index in [1.165, 1.54) is 0 Å². The first kappa shape index (κ1) is 18.0. The minimum Gasteiger partial charge on any atom is -0.339 e. The molecular formula is C12H25Cl2N3O. The summed E-state index contributed by atoms with van der Waals surface area (Å²) in [5.41, 5.74) is 5.66. The van der Waals surface area contributed by atoms with Gasteiger partial charge in [0, 0.05) is 26.2 Å². The van der Waals surface area contributed by atoms with Crippen LogP contribution in [0.3, 0.4) is 0 Å². The van der Waals surface area contributed by atoms with Crippen molar-refractivity contribution in [3.05, 3.63) is 0 Å². The Bertz CT molecular complexity index is 262. The van der Waals surface area contributed by atoms with Gasteiger partial charge in [-0.3, -0.25) is 4.79 Å². The Hall–Kier alpha value is -0.0300. The van der Waals surface area contributed by atoms with Crippen LogP contribution < -0.4 is 5.73 Å². The van der Waals surface area contributed by atoms with E-state index in [1.807, 2.05) is 4.90 Å². The van der Waals surface area contributed by atoms with E-state index in [2.05, 4.69) is 11.8 Å². The largest absolute Gasteiger partial charge is 0.339 e. The van der Waals surface area contributed by atoms with Crippen molar-refractivity contribution >= 4 is 30.7 Å². The maximum absolute atomic E-state index is 12.3. The molecule has 0 aromatic rings. The molecule has 1 heterocycles. The smallest absolute Gasteiger partial charge is 0.242 e. The Kier molecular flexibility index (Phi) is 7.52. The highest BCUT2D eigenvalue weighted by Crippen LogP contribution is 2.29. The number of halogens is 2. The lowest BCUT2D eigenvalue weighted by Crippen LogP contribution is -2.58. The minimum atomic E-state index is -0.533. The number of piperazine rings is 1. The fourth-order valence-corrected chi connectivity index (χ4v) is 2.80. The first-order valence-corrected chi connectivity index (χ1v) is 6.46. The number of carbonyl (C=O) groups excluding carboxylic acids is 1. The van der Waals surface area contributed by atoms with Gasteiger partial charge in [-0.15, -0.1) is 24.8 Å². The van der Waals surface area contributed by atoms with Gasteiger partial charge in [0.1, 0.15) is 0 Å². The minimum absolute atomic E-state index is 0. The van der Waals surface area contributed by atoms with Crippen LogP contribution in [0.2, 0.25) is 0 Å². The maximum Gasteiger partial charge on any atom is 0.242 e. The summed E-state index contributed by atoms with van der Waals surface area (Å²) in [6.45, 7) is 6.95. The number of hydrogen-bond donors (Lipinski definition) is 1. The Morgan fingerprint density at radius 2 is 1.61 bits per heavy atom. The highest BCUT2D eigenvalue weighted by Gasteiger charge is 2.40. The Morgan fingerprint density at radius 3 is 2.06 bits per heavy atom. The predicted octanol–water partition coefficient (Wildman–Crippen LogP) is 1.27.